The highest BCUT2D eigenvalue weighted by Crippen LogP contribution is 2.46. The largest absolute Gasteiger partial charge is 0.462 e. The van der Waals surface area contributed by atoms with Crippen LogP contribution in [0.25, 0.3) is 11.2 Å². The van der Waals surface area contributed by atoms with E-state index < -0.39 is 44.1 Å². The van der Waals surface area contributed by atoms with Gasteiger partial charge in [0.15, 0.2) is 11.5 Å². The normalized spacial score (nSPS) is 23.8. The van der Waals surface area contributed by atoms with E-state index in [0.717, 1.165) is 0 Å². The number of carbonyl (C=O) groups is 1. The number of benzene rings is 1. The van der Waals surface area contributed by atoms with Gasteiger partial charge in [-0.25, -0.2) is 9.55 Å². The number of nitrogens with one attached hydrogen (secondary N) is 1. The minimum atomic E-state index is -4.14. The molecular weight excluding hydrogens is 517 g/mol. The van der Waals surface area contributed by atoms with E-state index in [4.69, 9.17) is 30.0 Å². The number of ether oxygens (including phenoxy) is 2. The first-order chi connectivity index (χ1) is 18.0. The Morgan fingerprint density at radius 3 is 2.63 bits per heavy atom. The van der Waals surface area contributed by atoms with Gasteiger partial charge < -0.3 is 30.6 Å². The number of anilines is 2. The van der Waals surface area contributed by atoms with Crippen LogP contribution in [0.1, 0.15) is 33.9 Å². The molecule has 2 aromatic heterocycles. The van der Waals surface area contributed by atoms with Crippen LogP contribution in [-0.2, 0) is 23.4 Å². The van der Waals surface area contributed by atoms with Gasteiger partial charge in [0.1, 0.15) is 29.6 Å². The maximum atomic E-state index is 13.7. The Kier molecular flexibility index (Phi) is 8.19. The van der Waals surface area contributed by atoms with Gasteiger partial charge in [0.2, 0.25) is 5.95 Å². The average molecular weight is 550 g/mol. The number of imidazole rings is 1. The van der Waals surface area contributed by atoms with Crippen LogP contribution in [0, 0.1) is 5.92 Å². The van der Waals surface area contributed by atoms with Crippen molar-refractivity contribution in [3.63, 3.8) is 0 Å². The predicted molar refractivity (Wildman–Crippen MR) is 138 cm³/mol. The van der Waals surface area contributed by atoms with Crippen molar-refractivity contribution in [2.24, 2.45) is 5.92 Å². The fourth-order valence-electron chi connectivity index (χ4n) is 4.00. The lowest BCUT2D eigenvalue weighted by Gasteiger charge is -2.25. The number of hydrogen-bond donors (Lipinski definition) is 4. The molecule has 0 spiro atoms. The summed E-state index contributed by atoms with van der Waals surface area (Å²) in [5.74, 6) is -0.725. The molecule has 1 aliphatic rings. The van der Waals surface area contributed by atoms with E-state index in [-0.39, 0.29) is 30.2 Å². The fraction of sp³-hybridized carbons (Fsp3) is 0.478. The van der Waals surface area contributed by atoms with Crippen LogP contribution in [0.15, 0.2) is 36.7 Å². The number of esters is 1. The fourth-order valence-corrected chi connectivity index (χ4v) is 5.50. The standard InChI is InChI=1S/C23H32N7O7P/c1-12(2)35-22(32)14(4)29-38(33,37-15-8-6-5-7-9-15)34-10-16-18(31)13(3)21(36-16)30-11-26-17-19(24)27-23(25)28-20(17)30/h5-9,11-14,16,18,21,31H,10H2,1-4H3,(H,29,33)(H4,24,25,27,28)/t13-,14+,16+,18-,21+,38?/m0/s1. The summed E-state index contributed by atoms with van der Waals surface area (Å²) >= 11 is 0. The first-order valence-corrected chi connectivity index (χ1v) is 13.6. The number of aliphatic hydroxyl groups is 1. The molecule has 1 saturated heterocycles. The summed E-state index contributed by atoms with van der Waals surface area (Å²) in [5.41, 5.74) is 12.3. The topological polar surface area (TPSA) is 199 Å². The lowest BCUT2D eigenvalue weighted by molar-refractivity contribution is -0.149. The summed E-state index contributed by atoms with van der Waals surface area (Å²) in [6.45, 7) is 6.34. The number of nitrogens with two attached hydrogens (primary N) is 2. The van der Waals surface area contributed by atoms with Gasteiger partial charge >= 0.3 is 13.7 Å². The number of aliphatic hydroxyl groups excluding tert-OH is 1. The molecule has 206 valence electrons. The smallest absolute Gasteiger partial charge is 0.459 e. The third-order valence-corrected chi connectivity index (χ3v) is 7.50. The van der Waals surface area contributed by atoms with Gasteiger partial charge in [-0.05, 0) is 32.9 Å². The van der Waals surface area contributed by atoms with Gasteiger partial charge in [0.05, 0.1) is 25.1 Å². The molecule has 38 heavy (non-hydrogen) atoms. The second-order valence-corrected chi connectivity index (χ2v) is 10.9. The van der Waals surface area contributed by atoms with E-state index in [0.29, 0.717) is 11.2 Å². The molecule has 1 fully saturated rings. The van der Waals surface area contributed by atoms with Crippen LogP contribution in [-0.4, -0.2) is 61.6 Å². The molecule has 1 aliphatic heterocycles. The first-order valence-electron chi connectivity index (χ1n) is 12.0. The lowest BCUT2D eigenvalue weighted by Crippen LogP contribution is -2.37. The average Bonchev–Trinajstić information content (AvgIpc) is 3.39. The molecule has 1 aromatic carbocycles. The molecule has 0 amide bonds. The van der Waals surface area contributed by atoms with E-state index >= 15 is 0 Å². The highest BCUT2D eigenvalue weighted by atomic mass is 31.2. The Balaban J connectivity index is 1.51. The molecule has 0 radical (unpaired) electrons. The van der Waals surface area contributed by atoms with Crippen molar-refractivity contribution in [2.75, 3.05) is 18.1 Å². The zero-order valence-corrected chi connectivity index (χ0v) is 22.3. The van der Waals surface area contributed by atoms with Crippen molar-refractivity contribution >= 4 is 36.6 Å². The maximum Gasteiger partial charge on any atom is 0.459 e. The van der Waals surface area contributed by atoms with Crippen LogP contribution < -0.4 is 21.1 Å². The number of aromatic nitrogens is 4. The van der Waals surface area contributed by atoms with Crippen LogP contribution >= 0.6 is 7.75 Å². The molecule has 0 saturated carbocycles. The Labute approximate surface area is 219 Å². The number of nitrogen functional groups attached to an aromatic ring is 2. The summed E-state index contributed by atoms with van der Waals surface area (Å²) in [6, 6.07) is 7.34. The third-order valence-electron chi connectivity index (χ3n) is 5.86. The first kappa shape index (κ1) is 27.7. The lowest BCUT2D eigenvalue weighted by atomic mass is 10.0. The summed E-state index contributed by atoms with van der Waals surface area (Å²) < 4.78 is 37.9. The molecule has 14 nitrogen and oxygen atoms in total. The SMILES string of the molecule is CC(C)OC(=O)[C@@H](C)NP(=O)(OC[C@H]1O[C@@H](n2cnc3c(N)nc(N)nc32)[C@@H](C)[C@@H]1O)Oc1ccccc1. The zero-order chi connectivity index (χ0) is 27.6. The van der Waals surface area contributed by atoms with Gasteiger partial charge in [-0.3, -0.25) is 13.9 Å². The van der Waals surface area contributed by atoms with Gasteiger partial charge in [0, 0.05) is 5.92 Å². The third kappa shape index (κ3) is 6.05. The van der Waals surface area contributed by atoms with Crippen molar-refractivity contribution in [1.82, 2.24) is 24.6 Å². The number of para-hydroxylation sites is 1. The molecule has 6 atom stereocenters. The van der Waals surface area contributed by atoms with Crippen molar-refractivity contribution < 1.29 is 33.0 Å². The number of fused-ring (bicyclic) bond motifs is 1. The van der Waals surface area contributed by atoms with Crippen LogP contribution in [0.2, 0.25) is 0 Å². The quantitative estimate of drug-likeness (QED) is 0.212. The van der Waals surface area contributed by atoms with E-state index in [1.807, 2.05) is 0 Å². The molecule has 4 rings (SSSR count). The molecule has 1 unspecified atom stereocenters. The number of hydrogen-bond acceptors (Lipinski definition) is 12. The van der Waals surface area contributed by atoms with Gasteiger partial charge in [-0.2, -0.15) is 15.1 Å². The van der Waals surface area contributed by atoms with Crippen LogP contribution in [0.4, 0.5) is 11.8 Å². The minimum absolute atomic E-state index is 0.0296. The Morgan fingerprint density at radius 1 is 1.24 bits per heavy atom. The van der Waals surface area contributed by atoms with Gasteiger partial charge in [0.25, 0.3) is 0 Å². The highest BCUT2D eigenvalue weighted by Gasteiger charge is 2.44. The van der Waals surface area contributed by atoms with Crippen LogP contribution in [0.5, 0.6) is 5.75 Å². The Morgan fingerprint density at radius 2 is 1.95 bits per heavy atom. The maximum absolute atomic E-state index is 13.7. The van der Waals surface area contributed by atoms with Gasteiger partial charge in [-0.15, -0.1) is 0 Å². The van der Waals surface area contributed by atoms with Crippen molar-refractivity contribution in [3.8, 4) is 5.75 Å². The Bertz CT molecular complexity index is 1320. The monoisotopic (exact) mass is 549 g/mol. The molecule has 0 bridgehead atoms. The molecule has 0 aliphatic carbocycles. The summed E-state index contributed by atoms with van der Waals surface area (Å²) in [5, 5.41) is 13.5. The van der Waals surface area contributed by atoms with Gasteiger partial charge in [-0.1, -0.05) is 25.1 Å². The van der Waals surface area contributed by atoms with E-state index in [1.54, 1.807) is 55.7 Å². The summed E-state index contributed by atoms with van der Waals surface area (Å²) in [7, 11) is -4.14. The molecule has 6 N–H and O–H groups in total. The predicted octanol–water partition coefficient (Wildman–Crippen LogP) is 2.02. The van der Waals surface area contributed by atoms with Crippen molar-refractivity contribution in [3.05, 3.63) is 36.7 Å². The number of carbonyl (C=O) groups excluding carboxylic acids is 1. The number of nitrogens with zero attached hydrogens (tertiary/aromatic N) is 4. The zero-order valence-electron chi connectivity index (χ0n) is 21.4. The molecular formula is C23H32N7O7P. The second kappa shape index (κ2) is 11.2. The van der Waals surface area contributed by atoms with Crippen molar-refractivity contribution in [1.29, 1.82) is 0 Å². The van der Waals surface area contributed by atoms with E-state index in [9.17, 15) is 14.5 Å². The highest BCUT2D eigenvalue weighted by molar-refractivity contribution is 7.52. The summed E-state index contributed by atoms with van der Waals surface area (Å²) in [6.07, 6.45) is -1.52. The Hall–Kier alpha value is -3.29. The van der Waals surface area contributed by atoms with E-state index in [1.165, 1.54) is 13.3 Å². The molecule has 3 aromatic rings. The van der Waals surface area contributed by atoms with E-state index in [2.05, 4.69) is 20.0 Å². The minimum Gasteiger partial charge on any atom is -0.462 e. The summed E-state index contributed by atoms with van der Waals surface area (Å²) in [4.78, 5) is 24.7. The molecule has 3 heterocycles. The number of rotatable bonds is 10. The van der Waals surface area contributed by atoms with Crippen molar-refractivity contribution in [2.45, 2.75) is 58.3 Å². The molecule has 15 heteroatoms. The van der Waals surface area contributed by atoms with Crippen LogP contribution in [0.3, 0.4) is 0 Å². The second-order valence-electron chi connectivity index (χ2n) is 9.24.